The second kappa shape index (κ2) is 3.63. The van der Waals surface area contributed by atoms with E-state index in [1.54, 1.807) is 0 Å². The minimum absolute atomic E-state index is 0.117. The van der Waals surface area contributed by atoms with E-state index < -0.39 is 0 Å². The van der Waals surface area contributed by atoms with Crippen LogP contribution in [-0.2, 0) is 0 Å². The van der Waals surface area contributed by atoms with Gasteiger partial charge < -0.3 is 9.47 Å². The van der Waals surface area contributed by atoms with Crippen LogP contribution in [0.4, 0.5) is 0 Å². The van der Waals surface area contributed by atoms with Gasteiger partial charge in [0.2, 0.25) is 0 Å². The molecule has 0 saturated heterocycles. The van der Waals surface area contributed by atoms with Crippen LogP contribution in [-0.4, -0.2) is 13.2 Å². The quantitative estimate of drug-likeness (QED) is 0.629. The summed E-state index contributed by atoms with van der Waals surface area (Å²) in [6.45, 7) is 3.23. The number of terminal acetylenes is 1. The molecule has 1 aromatic rings. The normalized spacial score (nSPS) is 15.7. The van der Waals surface area contributed by atoms with E-state index in [0.717, 1.165) is 17.1 Å². The fourth-order valence-electron chi connectivity index (χ4n) is 1.43. The molecule has 0 amide bonds. The SMILES string of the molecule is C#CC(C)c1ccc2c(c1)OCCO2. The molecule has 1 aromatic carbocycles. The molecule has 2 rings (SSSR count). The van der Waals surface area contributed by atoms with Crippen molar-refractivity contribution >= 4 is 0 Å². The first-order valence-corrected chi connectivity index (χ1v) is 4.67. The van der Waals surface area contributed by atoms with E-state index in [1.807, 2.05) is 25.1 Å². The highest BCUT2D eigenvalue weighted by Gasteiger charge is 2.13. The monoisotopic (exact) mass is 188 g/mol. The predicted molar refractivity (Wildman–Crippen MR) is 54.7 cm³/mol. The van der Waals surface area contributed by atoms with Crippen molar-refractivity contribution in [2.45, 2.75) is 12.8 Å². The Morgan fingerprint density at radius 3 is 2.71 bits per heavy atom. The Hall–Kier alpha value is -1.62. The maximum Gasteiger partial charge on any atom is 0.161 e. The highest BCUT2D eigenvalue weighted by Crippen LogP contribution is 2.32. The van der Waals surface area contributed by atoms with Gasteiger partial charge in [-0.1, -0.05) is 12.0 Å². The van der Waals surface area contributed by atoms with Crippen molar-refractivity contribution in [1.29, 1.82) is 0 Å². The van der Waals surface area contributed by atoms with Gasteiger partial charge >= 0.3 is 0 Å². The van der Waals surface area contributed by atoms with Gasteiger partial charge in [0.15, 0.2) is 11.5 Å². The minimum Gasteiger partial charge on any atom is -0.486 e. The molecule has 0 aliphatic carbocycles. The highest BCUT2D eigenvalue weighted by atomic mass is 16.6. The zero-order chi connectivity index (χ0) is 9.97. The average Bonchev–Trinajstić information content (AvgIpc) is 2.27. The first-order valence-electron chi connectivity index (χ1n) is 4.67. The number of rotatable bonds is 1. The summed E-state index contributed by atoms with van der Waals surface area (Å²) in [5.41, 5.74) is 1.09. The van der Waals surface area contributed by atoms with E-state index in [9.17, 15) is 0 Å². The van der Waals surface area contributed by atoms with Gasteiger partial charge in [0.25, 0.3) is 0 Å². The highest BCUT2D eigenvalue weighted by molar-refractivity contribution is 5.45. The third-order valence-electron chi connectivity index (χ3n) is 2.32. The van der Waals surface area contributed by atoms with Gasteiger partial charge in [-0.15, -0.1) is 6.42 Å². The maximum absolute atomic E-state index is 5.47. The molecule has 1 heterocycles. The second-order valence-corrected chi connectivity index (χ2v) is 3.29. The van der Waals surface area contributed by atoms with Crippen LogP contribution in [0.2, 0.25) is 0 Å². The molecule has 2 heteroatoms. The van der Waals surface area contributed by atoms with Crippen molar-refractivity contribution in [2.75, 3.05) is 13.2 Å². The lowest BCUT2D eigenvalue weighted by Crippen LogP contribution is -2.15. The molecule has 14 heavy (non-hydrogen) atoms. The van der Waals surface area contributed by atoms with Gasteiger partial charge in [-0.25, -0.2) is 0 Å². The summed E-state index contributed by atoms with van der Waals surface area (Å²) in [4.78, 5) is 0. The van der Waals surface area contributed by atoms with Gasteiger partial charge in [0.05, 0.1) is 0 Å². The number of hydrogen-bond acceptors (Lipinski definition) is 2. The van der Waals surface area contributed by atoms with Crippen LogP contribution < -0.4 is 9.47 Å². The van der Waals surface area contributed by atoms with E-state index in [2.05, 4.69) is 5.92 Å². The minimum atomic E-state index is 0.117. The van der Waals surface area contributed by atoms with Crippen LogP contribution in [0.3, 0.4) is 0 Å². The number of ether oxygens (including phenoxy) is 2. The number of benzene rings is 1. The van der Waals surface area contributed by atoms with Crippen LogP contribution in [0, 0.1) is 12.3 Å². The lowest BCUT2D eigenvalue weighted by molar-refractivity contribution is 0.171. The van der Waals surface area contributed by atoms with Crippen molar-refractivity contribution in [3.05, 3.63) is 23.8 Å². The van der Waals surface area contributed by atoms with Gasteiger partial charge in [-0.3, -0.25) is 0 Å². The standard InChI is InChI=1S/C12H12O2/c1-3-9(2)10-4-5-11-12(8-10)14-7-6-13-11/h1,4-5,8-9H,6-7H2,2H3. The molecule has 0 spiro atoms. The number of fused-ring (bicyclic) bond motifs is 1. The molecule has 0 aromatic heterocycles. The predicted octanol–water partition coefficient (Wildman–Crippen LogP) is 2.19. The molecule has 0 N–H and O–H groups in total. The number of hydrogen-bond donors (Lipinski definition) is 0. The molecule has 0 fully saturated rings. The van der Waals surface area contributed by atoms with Gasteiger partial charge in [-0.05, 0) is 24.6 Å². The fraction of sp³-hybridized carbons (Fsp3) is 0.333. The zero-order valence-corrected chi connectivity index (χ0v) is 8.12. The smallest absolute Gasteiger partial charge is 0.161 e. The van der Waals surface area contributed by atoms with Crippen LogP contribution in [0.15, 0.2) is 18.2 Å². The molecule has 1 aliphatic rings. The molecular formula is C12H12O2. The van der Waals surface area contributed by atoms with Crippen molar-refractivity contribution in [3.8, 4) is 23.8 Å². The van der Waals surface area contributed by atoms with Crippen LogP contribution >= 0.6 is 0 Å². The molecule has 0 bridgehead atoms. The van der Waals surface area contributed by atoms with Crippen molar-refractivity contribution in [2.24, 2.45) is 0 Å². The van der Waals surface area contributed by atoms with Crippen LogP contribution in [0.1, 0.15) is 18.4 Å². The largest absolute Gasteiger partial charge is 0.486 e. The van der Waals surface area contributed by atoms with Gasteiger partial charge in [-0.2, -0.15) is 0 Å². The third-order valence-corrected chi connectivity index (χ3v) is 2.32. The van der Waals surface area contributed by atoms with Gasteiger partial charge in [0.1, 0.15) is 13.2 Å². The van der Waals surface area contributed by atoms with E-state index >= 15 is 0 Å². The van der Waals surface area contributed by atoms with Crippen molar-refractivity contribution < 1.29 is 9.47 Å². The molecule has 1 atom stereocenters. The lowest BCUT2D eigenvalue weighted by Gasteiger charge is -2.19. The van der Waals surface area contributed by atoms with E-state index in [1.165, 1.54) is 0 Å². The Bertz CT molecular complexity index is 376. The molecule has 72 valence electrons. The average molecular weight is 188 g/mol. The summed E-state index contributed by atoms with van der Waals surface area (Å²) in [5.74, 6) is 4.42. The summed E-state index contributed by atoms with van der Waals surface area (Å²) in [6.07, 6.45) is 5.36. The van der Waals surface area contributed by atoms with E-state index in [4.69, 9.17) is 15.9 Å². The maximum atomic E-state index is 5.47. The van der Waals surface area contributed by atoms with E-state index in [-0.39, 0.29) is 5.92 Å². The molecule has 1 aliphatic heterocycles. The summed E-state index contributed by atoms with van der Waals surface area (Å²) >= 11 is 0. The van der Waals surface area contributed by atoms with Gasteiger partial charge in [0, 0.05) is 5.92 Å². The van der Waals surface area contributed by atoms with E-state index in [0.29, 0.717) is 13.2 Å². The lowest BCUT2D eigenvalue weighted by atomic mass is 10.0. The first kappa shape index (κ1) is 8.96. The zero-order valence-electron chi connectivity index (χ0n) is 8.12. The van der Waals surface area contributed by atoms with Crippen LogP contribution in [0.25, 0.3) is 0 Å². The second-order valence-electron chi connectivity index (χ2n) is 3.29. The first-order chi connectivity index (χ1) is 6.81. The fourth-order valence-corrected chi connectivity index (χ4v) is 1.43. The molecule has 0 saturated carbocycles. The summed E-state index contributed by atoms with van der Waals surface area (Å²) in [6, 6.07) is 5.86. The Kier molecular flexibility index (Phi) is 2.32. The summed E-state index contributed by atoms with van der Waals surface area (Å²) < 4.78 is 10.9. The molecule has 0 radical (unpaired) electrons. The Balaban J connectivity index is 2.34. The molecule has 2 nitrogen and oxygen atoms in total. The third kappa shape index (κ3) is 1.54. The summed E-state index contributed by atoms with van der Waals surface area (Å²) in [5, 5.41) is 0. The summed E-state index contributed by atoms with van der Waals surface area (Å²) in [7, 11) is 0. The Morgan fingerprint density at radius 2 is 2.00 bits per heavy atom. The Labute approximate surface area is 83.8 Å². The molecular weight excluding hydrogens is 176 g/mol. The topological polar surface area (TPSA) is 18.5 Å². The van der Waals surface area contributed by atoms with Crippen molar-refractivity contribution in [1.82, 2.24) is 0 Å². The Morgan fingerprint density at radius 1 is 1.29 bits per heavy atom. The van der Waals surface area contributed by atoms with Crippen LogP contribution in [0.5, 0.6) is 11.5 Å². The molecule has 1 unspecified atom stereocenters. The van der Waals surface area contributed by atoms with Crippen molar-refractivity contribution in [3.63, 3.8) is 0 Å².